The van der Waals surface area contributed by atoms with E-state index in [1.165, 1.54) is 63.2 Å². The first-order chi connectivity index (χ1) is 15.6. The molecule has 1 heterocycles. The third-order valence-corrected chi connectivity index (χ3v) is 6.46. The summed E-state index contributed by atoms with van der Waals surface area (Å²) in [6.07, 6.45) is 12.7. The molecule has 3 N–H and O–H groups in total. The Morgan fingerprint density at radius 2 is 1.64 bits per heavy atom. The summed E-state index contributed by atoms with van der Waals surface area (Å²) < 4.78 is 5.54. The topological polar surface area (TPSA) is 99.1 Å². The minimum Gasteiger partial charge on any atom is -0.444 e. The number of nitrogens with one attached hydrogen (secondary N) is 1. The van der Waals surface area contributed by atoms with Crippen molar-refractivity contribution >= 4 is 12.0 Å². The lowest BCUT2D eigenvalue weighted by molar-refractivity contribution is -0.130. The smallest absolute Gasteiger partial charge is 0.410 e. The minimum absolute atomic E-state index is 0.336. The molecular formula is C26H50N2O5. The Balaban J connectivity index is 2.60. The molecule has 0 saturated carbocycles. The molecule has 0 radical (unpaired) electrons. The largest absolute Gasteiger partial charge is 0.444 e. The van der Waals surface area contributed by atoms with Crippen molar-refractivity contribution in [3.63, 3.8) is 0 Å². The van der Waals surface area contributed by atoms with Crippen LogP contribution in [0.1, 0.15) is 112 Å². The predicted molar refractivity (Wildman–Crippen MR) is 132 cm³/mol. The summed E-state index contributed by atoms with van der Waals surface area (Å²) in [7, 11) is 0. The Labute approximate surface area is 201 Å². The van der Waals surface area contributed by atoms with Crippen LogP contribution in [0.4, 0.5) is 4.79 Å². The third kappa shape index (κ3) is 12.1. The number of piperidine rings is 1. The van der Waals surface area contributed by atoms with E-state index in [0.717, 1.165) is 19.3 Å². The summed E-state index contributed by atoms with van der Waals surface area (Å²) in [5, 5.41) is 22.0. The SMILES string of the molecule is CCCCCCCCCCCC1CCN(C(=O)OC(C)(C)C)C(C(=O)N[C@@H](CO)[C@H](C)O)C1. The highest BCUT2D eigenvalue weighted by Crippen LogP contribution is 2.29. The molecule has 0 bridgehead atoms. The van der Waals surface area contributed by atoms with Gasteiger partial charge < -0.3 is 20.3 Å². The molecule has 1 aliphatic heterocycles. The third-order valence-electron chi connectivity index (χ3n) is 6.46. The summed E-state index contributed by atoms with van der Waals surface area (Å²) in [5.41, 5.74) is -0.640. The fourth-order valence-electron chi connectivity index (χ4n) is 4.43. The van der Waals surface area contributed by atoms with Gasteiger partial charge in [0.25, 0.3) is 0 Å². The fourth-order valence-corrected chi connectivity index (χ4v) is 4.43. The van der Waals surface area contributed by atoms with E-state index in [-0.39, 0.29) is 12.5 Å². The number of carbonyl (C=O) groups is 2. The normalized spacial score (nSPS) is 20.9. The molecule has 33 heavy (non-hydrogen) atoms. The Morgan fingerprint density at radius 1 is 1.06 bits per heavy atom. The van der Waals surface area contributed by atoms with Gasteiger partial charge in [0.2, 0.25) is 5.91 Å². The van der Waals surface area contributed by atoms with Crippen LogP contribution < -0.4 is 5.32 Å². The van der Waals surface area contributed by atoms with Crippen LogP contribution >= 0.6 is 0 Å². The zero-order valence-corrected chi connectivity index (χ0v) is 21.8. The predicted octanol–water partition coefficient (Wildman–Crippen LogP) is 4.78. The Hall–Kier alpha value is -1.34. The quantitative estimate of drug-likeness (QED) is 0.317. The van der Waals surface area contributed by atoms with Gasteiger partial charge in [0.15, 0.2) is 0 Å². The van der Waals surface area contributed by atoms with Gasteiger partial charge in [0.1, 0.15) is 11.6 Å². The van der Waals surface area contributed by atoms with Gasteiger partial charge in [-0.05, 0) is 46.5 Å². The van der Waals surface area contributed by atoms with Gasteiger partial charge in [-0.3, -0.25) is 9.69 Å². The zero-order chi connectivity index (χ0) is 24.9. The minimum atomic E-state index is -0.879. The number of unbranched alkanes of at least 4 members (excludes halogenated alkanes) is 8. The van der Waals surface area contributed by atoms with Crippen molar-refractivity contribution in [2.24, 2.45) is 5.92 Å². The molecule has 7 heteroatoms. The molecule has 1 rings (SSSR count). The number of hydrogen-bond acceptors (Lipinski definition) is 5. The molecule has 1 aliphatic rings. The Morgan fingerprint density at radius 3 is 2.15 bits per heavy atom. The van der Waals surface area contributed by atoms with Crippen LogP contribution in [0.15, 0.2) is 0 Å². The maximum atomic E-state index is 13.0. The number of hydrogen-bond donors (Lipinski definition) is 3. The zero-order valence-electron chi connectivity index (χ0n) is 21.8. The second-order valence-electron chi connectivity index (χ2n) is 10.7. The fraction of sp³-hybridized carbons (Fsp3) is 0.923. The summed E-state index contributed by atoms with van der Waals surface area (Å²) in [5.74, 6) is 0.0423. The van der Waals surface area contributed by atoms with E-state index in [1.54, 1.807) is 0 Å². The number of aliphatic hydroxyl groups excluding tert-OH is 2. The van der Waals surface area contributed by atoms with Crippen molar-refractivity contribution in [1.82, 2.24) is 10.2 Å². The maximum absolute atomic E-state index is 13.0. The van der Waals surface area contributed by atoms with Crippen LogP contribution in [0.25, 0.3) is 0 Å². The number of amides is 2. The lowest BCUT2D eigenvalue weighted by atomic mass is 9.86. The first-order valence-corrected chi connectivity index (χ1v) is 13.2. The molecule has 2 unspecified atom stereocenters. The van der Waals surface area contributed by atoms with Crippen LogP contribution in [0.2, 0.25) is 0 Å². The first kappa shape index (κ1) is 29.7. The van der Waals surface area contributed by atoms with Gasteiger partial charge in [0, 0.05) is 6.54 Å². The number of nitrogens with zero attached hydrogens (tertiary/aromatic N) is 1. The van der Waals surface area contributed by atoms with Gasteiger partial charge in [-0.2, -0.15) is 0 Å². The van der Waals surface area contributed by atoms with E-state index < -0.39 is 29.9 Å². The van der Waals surface area contributed by atoms with Crippen LogP contribution in [0.3, 0.4) is 0 Å². The van der Waals surface area contributed by atoms with Crippen molar-refractivity contribution in [2.45, 2.75) is 135 Å². The van der Waals surface area contributed by atoms with E-state index in [1.807, 2.05) is 20.8 Å². The highest BCUT2D eigenvalue weighted by molar-refractivity contribution is 5.86. The molecule has 0 aromatic rings. The highest BCUT2D eigenvalue weighted by Gasteiger charge is 2.38. The van der Waals surface area contributed by atoms with Gasteiger partial charge >= 0.3 is 6.09 Å². The average Bonchev–Trinajstić information content (AvgIpc) is 2.74. The van der Waals surface area contributed by atoms with Gasteiger partial charge in [0.05, 0.1) is 18.8 Å². The molecule has 0 aliphatic carbocycles. The summed E-state index contributed by atoms with van der Waals surface area (Å²) in [6, 6.07) is -1.40. The van der Waals surface area contributed by atoms with Crippen molar-refractivity contribution in [3.8, 4) is 0 Å². The van der Waals surface area contributed by atoms with E-state index in [4.69, 9.17) is 4.74 Å². The molecule has 0 spiro atoms. The van der Waals surface area contributed by atoms with E-state index in [0.29, 0.717) is 18.9 Å². The number of aliphatic hydroxyl groups is 2. The molecule has 4 atom stereocenters. The second kappa shape index (κ2) is 15.5. The highest BCUT2D eigenvalue weighted by atomic mass is 16.6. The molecule has 1 fully saturated rings. The van der Waals surface area contributed by atoms with Crippen molar-refractivity contribution in [2.75, 3.05) is 13.2 Å². The summed E-state index contributed by atoms with van der Waals surface area (Å²) in [6.45, 7) is 9.33. The summed E-state index contributed by atoms with van der Waals surface area (Å²) >= 11 is 0. The number of carbonyl (C=O) groups excluding carboxylic acids is 2. The lowest BCUT2D eigenvalue weighted by Gasteiger charge is -2.39. The van der Waals surface area contributed by atoms with E-state index in [2.05, 4.69) is 12.2 Å². The monoisotopic (exact) mass is 470 g/mol. The standard InChI is InChI=1S/C26H50N2O5/c1-6-7-8-9-10-11-12-13-14-15-21-16-17-28(25(32)33-26(3,4)5)23(18-21)24(31)27-22(19-29)20(2)30/h20-23,29-30H,6-19H2,1-5H3,(H,27,31)/t20-,21?,22-,23?/m0/s1. The van der Waals surface area contributed by atoms with Gasteiger partial charge in [-0.25, -0.2) is 4.79 Å². The second-order valence-corrected chi connectivity index (χ2v) is 10.7. The molecule has 2 amide bonds. The number of ether oxygens (including phenoxy) is 1. The molecule has 1 saturated heterocycles. The van der Waals surface area contributed by atoms with E-state index >= 15 is 0 Å². The van der Waals surface area contributed by atoms with Gasteiger partial charge in [-0.15, -0.1) is 0 Å². The molecule has 7 nitrogen and oxygen atoms in total. The van der Waals surface area contributed by atoms with E-state index in [9.17, 15) is 19.8 Å². The van der Waals surface area contributed by atoms with Gasteiger partial charge in [-0.1, -0.05) is 71.1 Å². The van der Waals surface area contributed by atoms with Crippen LogP contribution in [0, 0.1) is 5.92 Å². The van der Waals surface area contributed by atoms with Crippen LogP contribution in [-0.2, 0) is 9.53 Å². The molecule has 0 aromatic heterocycles. The molecular weight excluding hydrogens is 420 g/mol. The molecule has 0 aromatic carbocycles. The Bertz CT molecular complexity index is 561. The summed E-state index contributed by atoms with van der Waals surface area (Å²) in [4.78, 5) is 27.3. The number of rotatable bonds is 14. The van der Waals surface area contributed by atoms with Crippen LogP contribution in [-0.4, -0.2) is 64.1 Å². The maximum Gasteiger partial charge on any atom is 0.410 e. The van der Waals surface area contributed by atoms with Crippen LogP contribution in [0.5, 0.6) is 0 Å². The number of likely N-dealkylation sites (tertiary alicyclic amines) is 1. The first-order valence-electron chi connectivity index (χ1n) is 13.2. The van der Waals surface area contributed by atoms with Crippen molar-refractivity contribution < 1.29 is 24.5 Å². The Kier molecular flexibility index (Phi) is 14.0. The average molecular weight is 471 g/mol. The van der Waals surface area contributed by atoms with Crippen molar-refractivity contribution in [3.05, 3.63) is 0 Å². The lowest BCUT2D eigenvalue weighted by Crippen LogP contribution is -2.57. The molecule has 194 valence electrons. The van der Waals surface area contributed by atoms with Crippen molar-refractivity contribution in [1.29, 1.82) is 0 Å².